The van der Waals surface area contributed by atoms with Crippen molar-refractivity contribution < 1.29 is 9.53 Å². The van der Waals surface area contributed by atoms with Crippen LogP contribution in [0.4, 0.5) is 0 Å². The SMILES string of the molecule is CCOC(=O)C1CCN(C(=NC)NCCN(CC)C(C)C)CC1. The van der Waals surface area contributed by atoms with Gasteiger partial charge in [0.2, 0.25) is 0 Å². The van der Waals surface area contributed by atoms with Gasteiger partial charge in [0.1, 0.15) is 0 Å². The predicted octanol–water partition coefficient (Wildman–Crippen LogP) is 1.57. The third kappa shape index (κ3) is 6.37. The summed E-state index contributed by atoms with van der Waals surface area (Å²) in [5.41, 5.74) is 0. The van der Waals surface area contributed by atoms with Gasteiger partial charge in [-0.25, -0.2) is 0 Å². The van der Waals surface area contributed by atoms with E-state index in [1.807, 2.05) is 14.0 Å². The van der Waals surface area contributed by atoms with Gasteiger partial charge in [-0.1, -0.05) is 6.92 Å². The molecule has 0 saturated carbocycles. The van der Waals surface area contributed by atoms with Gasteiger partial charge in [0.15, 0.2) is 5.96 Å². The van der Waals surface area contributed by atoms with Crippen LogP contribution in [-0.2, 0) is 9.53 Å². The number of likely N-dealkylation sites (tertiary alicyclic amines) is 1. The summed E-state index contributed by atoms with van der Waals surface area (Å²) < 4.78 is 5.12. The molecule has 0 spiro atoms. The number of hydrogen-bond acceptors (Lipinski definition) is 4. The Morgan fingerprint density at radius 2 is 2.00 bits per heavy atom. The molecular formula is C17H34N4O2. The van der Waals surface area contributed by atoms with Crippen LogP contribution in [0.1, 0.15) is 40.5 Å². The van der Waals surface area contributed by atoms with E-state index in [0.29, 0.717) is 12.6 Å². The number of ether oxygens (including phenoxy) is 1. The number of likely N-dealkylation sites (N-methyl/N-ethyl adjacent to an activating group) is 1. The molecule has 0 aromatic heterocycles. The van der Waals surface area contributed by atoms with Crippen molar-refractivity contribution in [3.63, 3.8) is 0 Å². The van der Waals surface area contributed by atoms with Crippen molar-refractivity contribution in [3.8, 4) is 0 Å². The summed E-state index contributed by atoms with van der Waals surface area (Å²) in [6, 6.07) is 0.559. The number of carbonyl (C=O) groups excluding carboxylic acids is 1. The molecule has 1 heterocycles. The molecule has 0 radical (unpaired) electrons. The van der Waals surface area contributed by atoms with Gasteiger partial charge in [0.25, 0.3) is 0 Å². The molecule has 1 N–H and O–H groups in total. The lowest BCUT2D eigenvalue weighted by Gasteiger charge is -2.33. The molecule has 6 heteroatoms. The van der Waals surface area contributed by atoms with Gasteiger partial charge < -0.3 is 15.0 Å². The molecule has 0 aliphatic carbocycles. The van der Waals surface area contributed by atoms with Crippen LogP contribution in [0.15, 0.2) is 4.99 Å². The monoisotopic (exact) mass is 326 g/mol. The molecule has 0 bridgehead atoms. The van der Waals surface area contributed by atoms with Crippen LogP contribution in [0, 0.1) is 5.92 Å². The zero-order valence-electron chi connectivity index (χ0n) is 15.5. The number of rotatable bonds is 7. The number of aliphatic imine (C=N–C) groups is 1. The van der Waals surface area contributed by atoms with Gasteiger partial charge in [-0.15, -0.1) is 0 Å². The lowest BCUT2D eigenvalue weighted by molar-refractivity contribution is -0.149. The lowest BCUT2D eigenvalue weighted by atomic mass is 9.97. The van der Waals surface area contributed by atoms with Gasteiger partial charge in [-0.2, -0.15) is 0 Å². The van der Waals surface area contributed by atoms with Crippen LogP contribution in [0.3, 0.4) is 0 Å². The summed E-state index contributed by atoms with van der Waals surface area (Å²) >= 11 is 0. The number of piperidine rings is 1. The molecule has 1 rings (SSSR count). The maximum atomic E-state index is 11.8. The van der Waals surface area contributed by atoms with E-state index in [0.717, 1.165) is 51.5 Å². The summed E-state index contributed by atoms with van der Waals surface area (Å²) in [5.74, 6) is 0.929. The fourth-order valence-electron chi connectivity index (χ4n) is 3.01. The zero-order chi connectivity index (χ0) is 17.2. The highest BCUT2D eigenvalue weighted by Crippen LogP contribution is 2.18. The molecule has 6 nitrogen and oxygen atoms in total. The van der Waals surface area contributed by atoms with Crippen LogP contribution in [0.5, 0.6) is 0 Å². The highest BCUT2D eigenvalue weighted by atomic mass is 16.5. The standard InChI is InChI=1S/C17H34N4O2/c1-6-20(14(3)4)13-10-19-17(18-5)21-11-8-15(9-12-21)16(22)23-7-2/h14-15H,6-13H2,1-5H3,(H,18,19). The van der Waals surface area contributed by atoms with Crippen LogP contribution in [0.25, 0.3) is 0 Å². The Morgan fingerprint density at radius 1 is 1.35 bits per heavy atom. The van der Waals surface area contributed by atoms with E-state index in [2.05, 4.69) is 40.9 Å². The Balaban J connectivity index is 2.38. The molecule has 1 aliphatic rings. The number of hydrogen-bond donors (Lipinski definition) is 1. The van der Waals surface area contributed by atoms with Gasteiger partial charge in [-0.3, -0.25) is 14.7 Å². The van der Waals surface area contributed by atoms with Gasteiger partial charge in [0, 0.05) is 39.3 Å². The third-order valence-electron chi connectivity index (χ3n) is 4.44. The summed E-state index contributed by atoms with van der Waals surface area (Å²) in [4.78, 5) is 20.8. The zero-order valence-corrected chi connectivity index (χ0v) is 15.5. The Morgan fingerprint density at radius 3 is 2.48 bits per heavy atom. The Hall–Kier alpha value is -1.30. The molecule has 0 aromatic rings. The van der Waals surface area contributed by atoms with E-state index in [4.69, 9.17) is 4.74 Å². The number of esters is 1. The number of guanidine groups is 1. The van der Waals surface area contributed by atoms with Gasteiger partial charge in [-0.05, 0) is 40.2 Å². The second-order valence-corrected chi connectivity index (χ2v) is 6.21. The Bertz CT molecular complexity index is 377. The van der Waals surface area contributed by atoms with Gasteiger partial charge >= 0.3 is 5.97 Å². The molecule has 134 valence electrons. The molecule has 1 fully saturated rings. The molecular weight excluding hydrogens is 292 g/mol. The highest BCUT2D eigenvalue weighted by molar-refractivity contribution is 5.80. The number of carbonyl (C=O) groups is 1. The fourth-order valence-corrected chi connectivity index (χ4v) is 3.01. The Kier molecular flexibility index (Phi) is 8.99. The van der Waals surface area contributed by atoms with Crippen molar-refractivity contribution in [2.24, 2.45) is 10.9 Å². The molecule has 1 aliphatic heterocycles. The number of nitrogens with zero attached hydrogens (tertiary/aromatic N) is 3. The van der Waals surface area contributed by atoms with Crippen LogP contribution < -0.4 is 5.32 Å². The third-order valence-corrected chi connectivity index (χ3v) is 4.44. The first-order valence-corrected chi connectivity index (χ1v) is 8.89. The van der Waals surface area contributed by atoms with E-state index in [1.165, 1.54) is 0 Å². The second-order valence-electron chi connectivity index (χ2n) is 6.21. The normalized spacial score (nSPS) is 17.0. The molecule has 0 atom stereocenters. The van der Waals surface area contributed by atoms with Crippen LogP contribution in [0.2, 0.25) is 0 Å². The van der Waals surface area contributed by atoms with E-state index in [-0.39, 0.29) is 11.9 Å². The minimum atomic E-state index is -0.0504. The van der Waals surface area contributed by atoms with Crippen molar-refractivity contribution in [1.29, 1.82) is 0 Å². The van der Waals surface area contributed by atoms with Crippen LogP contribution in [-0.4, -0.2) is 74.1 Å². The summed E-state index contributed by atoms with van der Waals surface area (Å²) in [6.07, 6.45) is 1.68. The van der Waals surface area contributed by atoms with Gasteiger partial charge in [0.05, 0.1) is 12.5 Å². The first-order chi connectivity index (χ1) is 11.0. The fraction of sp³-hybridized carbons (Fsp3) is 0.882. The first kappa shape index (κ1) is 19.7. The van der Waals surface area contributed by atoms with E-state index in [1.54, 1.807) is 0 Å². The van der Waals surface area contributed by atoms with Crippen molar-refractivity contribution in [1.82, 2.24) is 15.1 Å². The molecule has 23 heavy (non-hydrogen) atoms. The average molecular weight is 326 g/mol. The molecule has 0 unspecified atom stereocenters. The largest absolute Gasteiger partial charge is 0.466 e. The van der Waals surface area contributed by atoms with Crippen molar-refractivity contribution in [2.45, 2.75) is 46.6 Å². The summed E-state index contributed by atoms with van der Waals surface area (Å²) in [7, 11) is 1.82. The van der Waals surface area contributed by atoms with E-state index >= 15 is 0 Å². The average Bonchev–Trinajstić information content (AvgIpc) is 2.55. The smallest absolute Gasteiger partial charge is 0.309 e. The minimum absolute atomic E-state index is 0.0424. The quantitative estimate of drug-likeness (QED) is 0.437. The second kappa shape index (κ2) is 10.5. The van der Waals surface area contributed by atoms with E-state index in [9.17, 15) is 4.79 Å². The van der Waals surface area contributed by atoms with Crippen molar-refractivity contribution in [2.75, 3.05) is 46.4 Å². The van der Waals surface area contributed by atoms with Crippen molar-refractivity contribution >= 4 is 11.9 Å². The maximum Gasteiger partial charge on any atom is 0.309 e. The topological polar surface area (TPSA) is 57.2 Å². The molecule has 0 amide bonds. The molecule has 0 aromatic carbocycles. The van der Waals surface area contributed by atoms with E-state index < -0.39 is 0 Å². The maximum absolute atomic E-state index is 11.8. The minimum Gasteiger partial charge on any atom is -0.466 e. The Labute approximate surface area is 141 Å². The summed E-state index contributed by atoms with van der Waals surface area (Å²) in [6.45, 7) is 13.6. The highest BCUT2D eigenvalue weighted by Gasteiger charge is 2.27. The summed E-state index contributed by atoms with van der Waals surface area (Å²) in [5, 5.41) is 3.45. The first-order valence-electron chi connectivity index (χ1n) is 8.89. The van der Waals surface area contributed by atoms with Crippen molar-refractivity contribution in [3.05, 3.63) is 0 Å². The predicted molar refractivity (Wildman–Crippen MR) is 94.7 cm³/mol. The number of nitrogens with one attached hydrogen (secondary N) is 1. The lowest BCUT2D eigenvalue weighted by Crippen LogP contribution is -2.48. The molecule has 1 saturated heterocycles. The van der Waals surface area contributed by atoms with Crippen LogP contribution >= 0.6 is 0 Å².